The van der Waals surface area contributed by atoms with Gasteiger partial charge in [-0.25, -0.2) is 4.79 Å². The van der Waals surface area contributed by atoms with Crippen LogP contribution < -0.4 is 5.73 Å². The van der Waals surface area contributed by atoms with Gasteiger partial charge in [-0.15, -0.1) is 0 Å². The molecule has 0 aromatic heterocycles. The molecule has 1 aromatic carbocycles. The molecule has 0 fully saturated rings. The first kappa shape index (κ1) is 12.5. The number of nitrogen functional groups attached to an aromatic ring is 1. The fourth-order valence-corrected chi connectivity index (χ4v) is 1.41. The molecule has 0 amide bonds. The summed E-state index contributed by atoms with van der Waals surface area (Å²) in [6.07, 6.45) is -0.0422. The van der Waals surface area contributed by atoms with E-state index >= 15 is 0 Å². The van der Waals surface area contributed by atoms with E-state index in [1.165, 1.54) is 7.11 Å². The van der Waals surface area contributed by atoms with Crippen molar-refractivity contribution >= 4 is 11.7 Å². The number of anilines is 1. The predicted molar refractivity (Wildman–Crippen MR) is 62.0 cm³/mol. The number of hydrogen-bond donors (Lipinski definition) is 1. The monoisotopic (exact) mass is 223 g/mol. The van der Waals surface area contributed by atoms with Crippen LogP contribution in [-0.4, -0.2) is 25.8 Å². The molecular formula is C12H17NO3. The van der Waals surface area contributed by atoms with E-state index in [0.29, 0.717) is 18.7 Å². The van der Waals surface area contributed by atoms with Crippen molar-refractivity contribution < 1.29 is 14.3 Å². The Balaban J connectivity index is 2.67. The summed E-state index contributed by atoms with van der Waals surface area (Å²) >= 11 is 0. The van der Waals surface area contributed by atoms with Crippen molar-refractivity contribution in [3.05, 3.63) is 29.8 Å². The van der Waals surface area contributed by atoms with Crippen LogP contribution in [0.15, 0.2) is 24.3 Å². The third kappa shape index (κ3) is 3.55. The quantitative estimate of drug-likeness (QED) is 0.605. The van der Waals surface area contributed by atoms with Crippen LogP contribution in [0.4, 0.5) is 5.69 Å². The Bertz CT molecular complexity index is 335. The third-order valence-electron chi connectivity index (χ3n) is 2.23. The molecule has 0 unspecified atom stereocenters. The summed E-state index contributed by atoms with van der Waals surface area (Å²) in [6.45, 7) is 2.33. The van der Waals surface area contributed by atoms with Gasteiger partial charge in [0.15, 0.2) is 6.10 Å². The molecule has 0 aliphatic rings. The Morgan fingerprint density at radius 2 is 2.00 bits per heavy atom. The maximum Gasteiger partial charge on any atom is 0.335 e. The van der Waals surface area contributed by atoms with E-state index in [2.05, 4.69) is 4.74 Å². The lowest BCUT2D eigenvalue weighted by Crippen LogP contribution is -2.28. The molecule has 16 heavy (non-hydrogen) atoms. The number of hydrogen-bond acceptors (Lipinski definition) is 4. The second kappa shape index (κ2) is 6.12. The predicted octanol–water partition coefficient (Wildman–Crippen LogP) is 1.39. The molecule has 1 aromatic rings. The molecule has 0 aliphatic heterocycles. The van der Waals surface area contributed by atoms with Gasteiger partial charge in [0, 0.05) is 18.7 Å². The van der Waals surface area contributed by atoms with E-state index < -0.39 is 6.10 Å². The van der Waals surface area contributed by atoms with Crippen LogP contribution in [0.3, 0.4) is 0 Å². The lowest BCUT2D eigenvalue weighted by molar-refractivity contribution is -0.153. The van der Waals surface area contributed by atoms with Gasteiger partial charge in [-0.2, -0.15) is 0 Å². The number of esters is 1. The highest BCUT2D eigenvalue weighted by atomic mass is 16.6. The number of carbonyl (C=O) groups excluding carboxylic acids is 1. The normalized spacial score (nSPS) is 12.1. The molecule has 1 rings (SSSR count). The molecule has 1 atom stereocenters. The van der Waals surface area contributed by atoms with Crippen molar-refractivity contribution in [2.75, 3.05) is 19.5 Å². The minimum Gasteiger partial charge on any atom is -0.467 e. The third-order valence-corrected chi connectivity index (χ3v) is 2.23. The number of methoxy groups -OCH3 is 1. The van der Waals surface area contributed by atoms with Crippen LogP contribution in [0.2, 0.25) is 0 Å². The first-order valence-corrected chi connectivity index (χ1v) is 5.21. The maximum absolute atomic E-state index is 11.4. The summed E-state index contributed by atoms with van der Waals surface area (Å²) in [5.74, 6) is -0.348. The van der Waals surface area contributed by atoms with Gasteiger partial charge in [-0.05, 0) is 24.6 Å². The lowest BCUT2D eigenvalue weighted by atomic mass is 10.1. The Labute approximate surface area is 95.3 Å². The van der Waals surface area contributed by atoms with Gasteiger partial charge >= 0.3 is 5.97 Å². The summed E-state index contributed by atoms with van der Waals surface area (Å²) in [7, 11) is 1.36. The van der Waals surface area contributed by atoms with E-state index in [1.54, 1.807) is 12.1 Å². The SMILES string of the molecule is CCO[C@@H](Cc1ccc(N)cc1)C(=O)OC. The summed E-state index contributed by atoms with van der Waals surface area (Å²) in [4.78, 5) is 11.4. The molecule has 2 N–H and O–H groups in total. The van der Waals surface area contributed by atoms with Gasteiger partial charge in [0.1, 0.15) is 0 Å². The Kier molecular flexibility index (Phi) is 4.79. The van der Waals surface area contributed by atoms with E-state index in [9.17, 15) is 4.79 Å². The van der Waals surface area contributed by atoms with Crippen molar-refractivity contribution in [1.29, 1.82) is 0 Å². The molecule has 0 saturated heterocycles. The second-order valence-electron chi connectivity index (χ2n) is 3.41. The second-order valence-corrected chi connectivity index (χ2v) is 3.41. The van der Waals surface area contributed by atoms with Gasteiger partial charge < -0.3 is 15.2 Å². The van der Waals surface area contributed by atoms with Crippen LogP contribution >= 0.6 is 0 Å². The van der Waals surface area contributed by atoms with Gasteiger partial charge in [0.25, 0.3) is 0 Å². The highest BCUT2D eigenvalue weighted by Gasteiger charge is 2.19. The number of benzene rings is 1. The largest absolute Gasteiger partial charge is 0.467 e. The number of ether oxygens (including phenoxy) is 2. The molecule has 0 spiro atoms. The van der Waals surface area contributed by atoms with E-state index in [4.69, 9.17) is 10.5 Å². The first-order chi connectivity index (χ1) is 7.67. The fourth-order valence-electron chi connectivity index (χ4n) is 1.41. The van der Waals surface area contributed by atoms with Gasteiger partial charge in [-0.1, -0.05) is 12.1 Å². The van der Waals surface area contributed by atoms with Crippen molar-refractivity contribution in [2.45, 2.75) is 19.4 Å². The van der Waals surface area contributed by atoms with Crippen molar-refractivity contribution in [2.24, 2.45) is 0 Å². The summed E-state index contributed by atoms with van der Waals surface area (Å²) in [5, 5.41) is 0. The van der Waals surface area contributed by atoms with E-state index in [0.717, 1.165) is 5.56 Å². The average molecular weight is 223 g/mol. The van der Waals surface area contributed by atoms with Crippen LogP contribution in [0.25, 0.3) is 0 Å². The molecule has 4 nitrogen and oxygen atoms in total. The number of carbonyl (C=O) groups is 1. The van der Waals surface area contributed by atoms with Gasteiger partial charge in [0.05, 0.1) is 7.11 Å². The first-order valence-electron chi connectivity index (χ1n) is 5.21. The summed E-state index contributed by atoms with van der Waals surface area (Å²) in [6, 6.07) is 7.36. The van der Waals surface area contributed by atoms with Crippen molar-refractivity contribution in [3.63, 3.8) is 0 Å². The van der Waals surface area contributed by atoms with Crippen molar-refractivity contribution in [3.8, 4) is 0 Å². The van der Waals surface area contributed by atoms with Crippen LogP contribution in [0.5, 0.6) is 0 Å². The van der Waals surface area contributed by atoms with E-state index in [-0.39, 0.29) is 5.97 Å². The highest BCUT2D eigenvalue weighted by Crippen LogP contribution is 2.10. The van der Waals surface area contributed by atoms with Gasteiger partial charge in [-0.3, -0.25) is 0 Å². The average Bonchev–Trinajstić information content (AvgIpc) is 2.30. The highest BCUT2D eigenvalue weighted by molar-refractivity contribution is 5.75. The Morgan fingerprint density at radius 1 is 1.38 bits per heavy atom. The summed E-state index contributed by atoms with van der Waals surface area (Å²) in [5.41, 5.74) is 7.28. The number of nitrogens with two attached hydrogens (primary N) is 1. The molecule has 0 saturated carbocycles. The molecule has 88 valence electrons. The standard InChI is InChI=1S/C12H17NO3/c1-3-16-11(12(14)15-2)8-9-4-6-10(13)7-5-9/h4-7,11H,3,8,13H2,1-2H3/t11-/m0/s1. The molecular weight excluding hydrogens is 206 g/mol. The molecule has 0 radical (unpaired) electrons. The van der Waals surface area contributed by atoms with E-state index in [1.807, 2.05) is 19.1 Å². The molecule has 0 aliphatic carbocycles. The van der Waals surface area contributed by atoms with Crippen molar-refractivity contribution in [1.82, 2.24) is 0 Å². The van der Waals surface area contributed by atoms with Crippen LogP contribution in [-0.2, 0) is 20.7 Å². The minimum absolute atomic E-state index is 0.348. The zero-order chi connectivity index (χ0) is 12.0. The molecule has 0 bridgehead atoms. The smallest absolute Gasteiger partial charge is 0.335 e. The van der Waals surface area contributed by atoms with Crippen LogP contribution in [0.1, 0.15) is 12.5 Å². The zero-order valence-electron chi connectivity index (χ0n) is 9.60. The maximum atomic E-state index is 11.4. The molecule has 0 heterocycles. The Hall–Kier alpha value is -1.55. The fraction of sp³-hybridized carbons (Fsp3) is 0.417. The number of rotatable bonds is 5. The summed E-state index contributed by atoms with van der Waals surface area (Å²) < 4.78 is 10.00. The van der Waals surface area contributed by atoms with Gasteiger partial charge in [0.2, 0.25) is 0 Å². The topological polar surface area (TPSA) is 61.5 Å². The van der Waals surface area contributed by atoms with Crippen LogP contribution in [0, 0.1) is 0 Å². The zero-order valence-corrected chi connectivity index (χ0v) is 9.60. The Morgan fingerprint density at radius 3 is 2.50 bits per heavy atom. The molecule has 4 heteroatoms. The lowest BCUT2D eigenvalue weighted by Gasteiger charge is -2.14. The minimum atomic E-state index is -0.543.